The second-order valence-corrected chi connectivity index (χ2v) is 6.13. The van der Waals surface area contributed by atoms with Crippen LogP contribution >= 0.6 is 15.9 Å². The summed E-state index contributed by atoms with van der Waals surface area (Å²) in [5.74, 6) is 0.189. The summed E-state index contributed by atoms with van der Waals surface area (Å²) in [4.78, 5) is 12.5. The highest BCUT2D eigenvalue weighted by Crippen LogP contribution is 2.42. The Kier molecular flexibility index (Phi) is 4.10. The van der Waals surface area contributed by atoms with Crippen molar-refractivity contribution in [2.24, 2.45) is 5.41 Å². The molecule has 1 aromatic carbocycles. The molecule has 0 unspecified atom stereocenters. The molecule has 0 atom stereocenters. The summed E-state index contributed by atoms with van der Waals surface area (Å²) in [6.45, 7) is 4.16. The molecule has 98 valence electrons. The van der Waals surface area contributed by atoms with Crippen LogP contribution in [-0.2, 0) is 4.79 Å². The molecule has 0 aromatic heterocycles. The van der Waals surface area contributed by atoms with Crippen molar-refractivity contribution in [2.75, 3.05) is 5.32 Å². The second kappa shape index (κ2) is 5.43. The molecular weight excluding hydrogens is 290 g/mol. The van der Waals surface area contributed by atoms with Crippen molar-refractivity contribution in [2.45, 2.75) is 46.0 Å². The molecule has 1 saturated carbocycles. The third-order valence-corrected chi connectivity index (χ3v) is 4.78. The lowest BCUT2D eigenvalue weighted by atomic mass is 9.82. The van der Waals surface area contributed by atoms with Crippen molar-refractivity contribution in [1.82, 2.24) is 0 Å². The lowest BCUT2D eigenvalue weighted by molar-refractivity contribution is -0.125. The zero-order valence-corrected chi connectivity index (χ0v) is 12.6. The minimum Gasteiger partial charge on any atom is -0.325 e. The molecule has 1 aliphatic carbocycles. The van der Waals surface area contributed by atoms with Gasteiger partial charge in [-0.1, -0.05) is 25.8 Å². The summed E-state index contributed by atoms with van der Waals surface area (Å²) < 4.78 is 0.950. The molecule has 0 saturated heterocycles. The van der Waals surface area contributed by atoms with E-state index >= 15 is 0 Å². The fourth-order valence-electron chi connectivity index (χ4n) is 2.78. The van der Waals surface area contributed by atoms with Gasteiger partial charge in [-0.25, -0.2) is 0 Å². The predicted molar refractivity (Wildman–Crippen MR) is 78.7 cm³/mol. The number of hydrogen-bond acceptors (Lipinski definition) is 1. The lowest BCUT2D eigenvalue weighted by Gasteiger charge is -2.26. The summed E-state index contributed by atoms with van der Waals surface area (Å²) in [7, 11) is 0. The molecule has 1 aliphatic rings. The monoisotopic (exact) mass is 309 g/mol. The van der Waals surface area contributed by atoms with Gasteiger partial charge in [-0.05, 0) is 59.8 Å². The van der Waals surface area contributed by atoms with E-state index in [0.717, 1.165) is 35.0 Å². The Morgan fingerprint density at radius 3 is 2.67 bits per heavy atom. The Hall–Kier alpha value is -0.830. The van der Waals surface area contributed by atoms with Gasteiger partial charge in [0.05, 0.1) is 5.69 Å². The van der Waals surface area contributed by atoms with Crippen LogP contribution in [0.2, 0.25) is 0 Å². The third kappa shape index (κ3) is 2.61. The highest BCUT2D eigenvalue weighted by molar-refractivity contribution is 9.10. The highest BCUT2D eigenvalue weighted by Gasteiger charge is 2.39. The van der Waals surface area contributed by atoms with Crippen LogP contribution in [0, 0.1) is 12.3 Å². The van der Waals surface area contributed by atoms with Gasteiger partial charge < -0.3 is 5.32 Å². The average Bonchev–Trinajstić information content (AvgIpc) is 2.84. The fourth-order valence-corrected chi connectivity index (χ4v) is 3.13. The minimum atomic E-state index is -0.136. The average molecular weight is 310 g/mol. The van der Waals surface area contributed by atoms with Gasteiger partial charge in [-0.3, -0.25) is 4.79 Å². The summed E-state index contributed by atoms with van der Waals surface area (Å²) in [6, 6.07) is 6.03. The molecule has 0 heterocycles. The van der Waals surface area contributed by atoms with Crippen molar-refractivity contribution >= 4 is 27.5 Å². The molecule has 0 bridgehead atoms. The lowest BCUT2D eigenvalue weighted by Crippen LogP contribution is -2.33. The minimum absolute atomic E-state index is 0.136. The number of amides is 1. The Morgan fingerprint density at radius 2 is 2.06 bits per heavy atom. The topological polar surface area (TPSA) is 29.1 Å². The Labute approximate surface area is 117 Å². The van der Waals surface area contributed by atoms with Gasteiger partial charge in [0.25, 0.3) is 0 Å². The van der Waals surface area contributed by atoms with Crippen LogP contribution in [0.5, 0.6) is 0 Å². The quantitative estimate of drug-likeness (QED) is 0.864. The number of carbonyl (C=O) groups excluding carboxylic acids is 1. The van der Waals surface area contributed by atoms with Crippen molar-refractivity contribution in [3.63, 3.8) is 0 Å². The van der Waals surface area contributed by atoms with Crippen LogP contribution in [0.4, 0.5) is 5.69 Å². The molecule has 18 heavy (non-hydrogen) atoms. The standard InChI is InChI=1S/C15H20BrNO/c1-3-15(8-4-5-9-15)14(18)17-13-10-11(2)6-7-12(13)16/h6-7,10H,3-5,8-9H2,1-2H3,(H,17,18). The van der Waals surface area contributed by atoms with Gasteiger partial charge in [0.15, 0.2) is 0 Å². The van der Waals surface area contributed by atoms with Crippen molar-refractivity contribution in [1.29, 1.82) is 0 Å². The zero-order chi connectivity index (χ0) is 13.2. The van der Waals surface area contributed by atoms with Crippen LogP contribution in [-0.4, -0.2) is 5.91 Å². The summed E-state index contributed by atoms with van der Waals surface area (Å²) in [5, 5.41) is 3.10. The summed E-state index contributed by atoms with van der Waals surface area (Å²) in [5.41, 5.74) is 1.91. The molecule has 3 heteroatoms. The fraction of sp³-hybridized carbons (Fsp3) is 0.533. The maximum Gasteiger partial charge on any atom is 0.230 e. The number of carbonyl (C=O) groups is 1. The number of nitrogens with one attached hydrogen (secondary N) is 1. The number of halogens is 1. The van der Waals surface area contributed by atoms with E-state index in [1.54, 1.807) is 0 Å². The summed E-state index contributed by atoms with van der Waals surface area (Å²) in [6.07, 6.45) is 5.34. The largest absolute Gasteiger partial charge is 0.325 e. The van der Waals surface area contributed by atoms with E-state index in [9.17, 15) is 4.79 Å². The number of anilines is 1. The smallest absolute Gasteiger partial charge is 0.230 e. The van der Waals surface area contributed by atoms with E-state index in [0.29, 0.717) is 0 Å². The first kappa shape index (κ1) is 13.6. The van der Waals surface area contributed by atoms with Gasteiger partial charge in [0, 0.05) is 9.89 Å². The van der Waals surface area contributed by atoms with Crippen molar-refractivity contribution < 1.29 is 4.79 Å². The molecule has 1 amide bonds. The van der Waals surface area contributed by atoms with Crippen LogP contribution < -0.4 is 5.32 Å². The van der Waals surface area contributed by atoms with E-state index in [2.05, 4.69) is 28.2 Å². The molecule has 2 nitrogen and oxygen atoms in total. The van der Waals surface area contributed by atoms with E-state index in [1.807, 2.05) is 25.1 Å². The van der Waals surface area contributed by atoms with Gasteiger partial charge >= 0.3 is 0 Å². The maximum absolute atomic E-state index is 12.5. The van der Waals surface area contributed by atoms with Crippen LogP contribution in [0.1, 0.15) is 44.6 Å². The first-order valence-electron chi connectivity index (χ1n) is 6.65. The normalized spacial score (nSPS) is 17.7. The van der Waals surface area contributed by atoms with E-state index < -0.39 is 0 Å². The van der Waals surface area contributed by atoms with Gasteiger partial charge in [0.1, 0.15) is 0 Å². The first-order chi connectivity index (χ1) is 8.57. The highest BCUT2D eigenvalue weighted by atomic mass is 79.9. The van der Waals surface area contributed by atoms with E-state index in [-0.39, 0.29) is 11.3 Å². The van der Waals surface area contributed by atoms with Gasteiger partial charge in [-0.15, -0.1) is 0 Å². The molecule has 0 aliphatic heterocycles. The molecule has 1 fully saturated rings. The second-order valence-electron chi connectivity index (χ2n) is 5.28. The van der Waals surface area contributed by atoms with Gasteiger partial charge in [-0.2, -0.15) is 0 Å². The number of aryl methyl sites for hydroxylation is 1. The Balaban J connectivity index is 2.18. The number of hydrogen-bond donors (Lipinski definition) is 1. The number of benzene rings is 1. The Morgan fingerprint density at radius 1 is 1.39 bits per heavy atom. The maximum atomic E-state index is 12.5. The number of rotatable bonds is 3. The van der Waals surface area contributed by atoms with Crippen molar-refractivity contribution in [3.8, 4) is 0 Å². The Bertz CT molecular complexity index is 450. The van der Waals surface area contributed by atoms with Crippen molar-refractivity contribution in [3.05, 3.63) is 28.2 Å². The predicted octanol–water partition coefficient (Wildman–Crippen LogP) is 4.67. The van der Waals surface area contributed by atoms with Crippen LogP contribution in [0.15, 0.2) is 22.7 Å². The summed E-state index contributed by atoms with van der Waals surface area (Å²) >= 11 is 3.49. The zero-order valence-electron chi connectivity index (χ0n) is 11.1. The molecule has 1 N–H and O–H groups in total. The third-order valence-electron chi connectivity index (χ3n) is 4.09. The molecular formula is C15H20BrNO. The van der Waals surface area contributed by atoms with E-state index in [4.69, 9.17) is 0 Å². The van der Waals surface area contributed by atoms with Crippen LogP contribution in [0.3, 0.4) is 0 Å². The van der Waals surface area contributed by atoms with Crippen LogP contribution in [0.25, 0.3) is 0 Å². The molecule has 0 radical (unpaired) electrons. The SMILES string of the molecule is CCC1(C(=O)Nc2cc(C)ccc2Br)CCCC1. The van der Waals surface area contributed by atoms with E-state index in [1.165, 1.54) is 12.8 Å². The molecule has 1 aromatic rings. The first-order valence-corrected chi connectivity index (χ1v) is 7.44. The van der Waals surface area contributed by atoms with Gasteiger partial charge in [0.2, 0.25) is 5.91 Å². The molecule has 2 rings (SSSR count). The molecule has 0 spiro atoms.